The molecule has 3 rings (SSSR count). The summed E-state index contributed by atoms with van der Waals surface area (Å²) in [5.41, 5.74) is 0.218. The zero-order valence-electron chi connectivity index (χ0n) is 13.2. The summed E-state index contributed by atoms with van der Waals surface area (Å²) in [6, 6.07) is 5.52. The summed E-state index contributed by atoms with van der Waals surface area (Å²) in [6.45, 7) is 6.78. The molecule has 0 bridgehead atoms. The van der Waals surface area contributed by atoms with E-state index in [4.69, 9.17) is 21.3 Å². The minimum absolute atomic E-state index is 0.0471. The molecule has 2 aliphatic heterocycles. The third kappa shape index (κ3) is 2.39. The monoisotopic (exact) mass is 320 g/mol. The van der Waals surface area contributed by atoms with Crippen molar-refractivity contribution >= 4 is 23.3 Å². The number of nitrogens with zero attached hydrogens (tertiary/aromatic N) is 2. The lowest BCUT2D eigenvalue weighted by Gasteiger charge is -2.36. The van der Waals surface area contributed by atoms with Crippen molar-refractivity contribution in [3.63, 3.8) is 0 Å². The number of ether oxygens (including phenoxy) is 1. The second-order valence-electron chi connectivity index (χ2n) is 6.01. The lowest BCUT2D eigenvalue weighted by atomic mass is 10.0. The molecule has 118 valence electrons. The molecule has 0 saturated carbocycles. The van der Waals surface area contributed by atoms with E-state index in [1.54, 1.807) is 4.90 Å². The molecule has 2 aliphatic rings. The fourth-order valence-corrected chi connectivity index (χ4v) is 3.21. The maximum Gasteiger partial charge on any atom is 0.231 e. The number of rotatable bonds is 2. The van der Waals surface area contributed by atoms with E-state index in [1.807, 2.05) is 25.1 Å². The van der Waals surface area contributed by atoms with Crippen molar-refractivity contribution in [2.24, 2.45) is 10.9 Å². The van der Waals surface area contributed by atoms with Gasteiger partial charge in [-0.15, -0.1) is 0 Å². The normalized spacial score (nSPS) is 23.1. The van der Waals surface area contributed by atoms with E-state index in [2.05, 4.69) is 13.8 Å². The Morgan fingerprint density at radius 3 is 2.73 bits per heavy atom. The first kappa shape index (κ1) is 15.3. The summed E-state index contributed by atoms with van der Waals surface area (Å²) in [5, 5.41) is 0.621. The number of fused-ring (bicyclic) bond motifs is 1. The summed E-state index contributed by atoms with van der Waals surface area (Å²) in [6.07, 6.45) is 2.37. The van der Waals surface area contributed by atoms with Gasteiger partial charge in [-0.25, -0.2) is 4.99 Å². The van der Waals surface area contributed by atoms with Gasteiger partial charge in [0.25, 0.3) is 0 Å². The third-order valence-corrected chi connectivity index (χ3v) is 4.86. The molecule has 0 spiro atoms. The first-order chi connectivity index (χ1) is 10.5. The smallest absolute Gasteiger partial charge is 0.231 e. The Labute approximate surface area is 136 Å². The summed E-state index contributed by atoms with van der Waals surface area (Å²) >= 11 is 6.14. The highest BCUT2D eigenvalue weighted by Gasteiger charge is 2.40. The quantitative estimate of drug-likeness (QED) is 0.830. The third-order valence-electron chi connectivity index (χ3n) is 4.63. The number of carbonyl (C=O) groups is 1. The highest BCUT2D eigenvalue weighted by atomic mass is 35.5. The van der Waals surface area contributed by atoms with Gasteiger partial charge in [-0.3, -0.25) is 9.69 Å². The number of amidine groups is 1. The van der Waals surface area contributed by atoms with Gasteiger partial charge in [0, 0.05) is 30.3 Å². The Hall–Kier alpha value is -1.55. The number of aliphatic imine (C=N–C) groups is 1. The maximum atomic E-state index is 12.5. The second-order valence-corrected chi connectivity index (χ2v) is 6.45. The Morgan fingerprint density at radius 1 is 1.41 bits per heavy atom. The van der Waals surface area contributed by atoms with Crippen molar-refractivity contribution in [3.05, 3.63) is 28.8 Å². The molecule has 1 aromatic rings. The van der Waals surface area contributed by atoms with Crippen LogP contribution in [0.5, 0.6) is 5.75 Å². The van der Waals surface area contributed by atoms with Crippen LogP contribution in [0.1, 0.15) is 45.6 Å². The maximum absolute atomic E-state index is 12.5. The van der Waals surface area contributed by atoms with E-state index in [0.29, 0.717) is 17.4 Å². The van der Waals surface area contributed by atoms with Gasteiger partial charge in [0.05, 0.1) is 5.56 Å². The van der Waals surface area contributed by atoms with Gasteiger partial charge >= 0.3 is 0 Å². The van der Waals surface area contributed by atoms with Crippen LogP contribution in [-0.2, 0) is 4.79 Å². The molecule has 4 nitrogen and oxygen atoms in total. The van der Waals surface area contributed by atoms with Gasteiger partial charge in [0.1, 0.15) is 11.6 Å². The largest absolute Gasteiger partial charge is 0.465 e. The molecule has 5 heteroatoms. The minimum Gasteiger partial charge on any atom is -0.465 e. The molecule has 0 N–H and O–H groups in total. The van der Waals surface area contributed by atoms with E-state index in [9.17, 15) is 4.79 Å². The molecular formula is C17H21ClN2O2. The summed E-state index contributed by atoms with van der Waals surface area (Å²) < 4.78 is 6.14. The summed E-state index contributed by atoms with van der Waals surface area (Å²) in [5.74, 6) is 1.64. The van der Waals surface area contributed by atoms with Gasteiger partial charge < -0.3 is 4.74 Å². The lowest BCUT2D eigenvalue weighted by Crippen LogP contribution is -2.43. The molecule has 1 saturated heterocycles. The standard InChI is InChI=1S/C17H21ClN2O2/c1-4-17(5-2)19-15(20-9-8-11(3)16(20)21)13-10-12(18)6-7-14(13)22-17/h6-7,10-11H,4-5,8-9H2,1-3H3. The molecule has 0 aliphatic carbocycles. The van der Waals surface area contributed by atoms with Crippen LogP contribution in [-0.4, -0.2) is 28.9 Å². The van der Waals surface area contributed by atoms with Crippen LogP contribution in [0, 0.1) is 5.92 Å². The topological polar surface area (TPSA) is 41.9 Å². The fourth-order valence-electron chi connectivity index (χ4n) is 3.04. The number of hydrogen-bond donors (Lipinski definition) is 0. The average molecular weight is 321 g/mol. The van der Waals surface area contributed by atoms with E-state index in [1.165, 1.54) is 0 Å². The molecule has 1 aromatic carbocycles. The summed E-state index contributed by atoms with van der Waals surface area (Å²) in [4.78, 5) is 19.1. The number of halogens is 1. The van der Waals surface area contributed by atoms with Crippen LogP contribution >= 0.6 is 11.6 Å². The van der Waals surface area contributed by atoms with Crippen LogP contribution in [0.25, 0.3) is 0 Å². The van der Waals surface area contributed by atoms with Crippen LogP contribution in [0.15, 0.2) is 23.2 Å². The second kappa shape index (κ2) is 5.58. The summed E-state index contributed by atoms with van der Waals surface area (Å²) in [7, 11) is 0. The highest BCUT2D eigenvalue weighted by molar-refractivity contribution is 6.31. The van der Waals surface area contributed by atoms with Gasteiger partial charge in [-0.05, 0) is 24.6 Å². The number of likely N-dealkylation sites (tertiary alicyclic amines) is 1. The predicted molar refractivity (Wildman–Crippen MR) is 87.4 cm³/mol. The van der Waals surface area contributed by atoms with Crippen molar-refractivity contribution in [2.45, 2.75) is 45.8 Å². The molecule has 1 fully saturated rings. The molecule has 0 aromatic heterocycles. The van der Waals surface area contributed by atoms with Crippen LogP contribution in [0.2, 0.25) is 5.02 Å². The predicted octanol–water partition coefficient (Wildman–Crippen LogP) is 3.86. The van der Waals surface area contributed by atoms with Crippen molar-refractivity contribution in [1.29, 1.82) is 0 Å². The van der Waals surface area contributed by atoms with Crippen molar-refractivity contribution in [1.82, 2.24) is 4.90 Å². The van der Waals surface area contributed by atoms with Gasteiger partial charge in [-0.1, -0.05) is 32.4 Å². The molecule has 1 unspecified atom stereocenters. The van der Waals surface area contributed by atoms with Crippen molar-refractivity contribution in [3.8, 4) is 5.75 Å². The van der Waals surface area contributed by atoms with Gasteiger partial charge in [0.15, 0.2) is 0 Å². The zero-order chi connectivity index (χ0) is 15.9. The molecule has 2 heterocycles. The first-order valence-corrected chi connectivity index (χ1v) is 8.27. The van der Waals surface area contributed by atoms with E-state index < -0.39 is 5.72 Å². The first-order valence-electron chi connectivity index (χ1n) is 7.90. The molecule has 1 amide bonds. The van der Waals surface area contributed by atoms with Gasteiger partial charge in [0.2, 0.25) is 11.6 Å². The molecular weight excluding hydrogens is 300 g/mol. The number of hydrogen-bond acceptors (Lipinski definition) is 3. The fraction of sp³-hybridized carbons (Fsp3) is 0.529. The SMILES string of the molecule is CCC1(CC)N=C(N2CCC(C)C2=O)c2cc(Cl)ccc2O1. The Morgan fingerprint density at radius 2 is 2.14 bits per heavy atom. The molecule has 22 heavy (non-hydrogen) atoms. The average Bonchev–Trinajstić information content (AvgIpc) is 2.86. The number of amides is 1. The highest BCUT2D eigenvalue weighted by Crippen LogP contribution is 2.37. The van der Waals surface area contributed by atoms with Crippen LogP contribution < -0.4 is 4.74 Å². The molecule has 1 atom stereocenters. The van der Waals surface area contributed by atoms with E-state index >= 15 is 0 Å². The lowest BCUT2D eigenvalue weighted by molar-refractivity contribution is -0.127. The van der Waals surface area contributed by atoms with E-state index in [0.717, 1.165) is 30.6 Å². The van der Waals surface area contributed by atoms with E-state index in [-0.39, 0.29) is 11.8 Å². The van der Waals surface area contributed by atoms with Crippen molar-refractivity contribution in [2.75, 3.05) is 6.54 Å². The van der Waals surface area contributed by atoms with Crippen LogP contribution in [0.3, 0.4) is 0 Å². The number of benzene rings is 1. The minimum atomic E-state index is -0.595. The Kier molecular flexibility index (Phi) is 3.89. The Bertz CT molecular complexity index is 638. The van der Waals surface area contributed by atoms with Crippen LogP contribution in [0.4, 0.5) is 0 Å². The van der Waals surface area contributed by atoms with Gasteiger partial charge in [-0.2, -0.15) is 0 Å². The number of carbonyl (C=O) groups excluding carboxylic acids is 1. The Balaban J connectivity index is 2.13. The zero-order valence-corrected chi connectivity index (χ0v) is 14.0. The van der Waals surface area contributed by atoms with Crippen molar-refractivity contribution < 1.29 is 9.53 Å². The molecule has 0 radical (unpaired) electrons.